The molecule has 1 aromatic carbocycles. The average molecular weight is 547 g/mol. The first-order valence-corrected chi connectivity index (χ1v) is 13.4. The number of rotatable bonds is 10. The lowest BCUT2D eigenvalue weighted by atomic mass is 9.83. The maximum atomic E-state index is 13.8. The quantitative estimate of drug-likeness (QED) is 0.228. The molecular formula is C25H31N4O8P. The molecule has 1 fully saturated rings. The van der Waals surface area contributed by atoms with Gasteiger partial charge < -0.3 is 14.4 Å². The summed E-state index contributed by atoms with van der Waals surface area (Å²) in [6.07, 6.45) is -0.545. The first kappa shape index (κ1) is 29.1. The molecule has 3 N–H and O–H groups in total. The van der Waals surface area contributed by atoms with Gasteiger partial charge in [0.2, 0.25) is 0 Å². The molecule has 1 aromatic heterocycles. The van der Waals surface area contributed by atoms with Crippen molar-refractivity contribution in [2.24, 2.45) is 5.41 Å². The SMILES string of the molecule is C=C1[C@@H](n2cc(C)c(=O)[nH]c2=O)C[C@H](O)[C@@]1(C#N)COP(=O)(N[C@@H](C)C(=O)OC(C)C)Oc1ccccc1. The van der Waals surface area contributed by atoms with Gasteiger partial charge in [0.1, 0.15) is 17.2 Å². The van der Waals surface area contributed by atoms with Crippen LogP contribution in [0.4, 0.5) is 0 Å². The lowest BCUT2D eigenvalue weighted by Crippen LogP contribution is -2.39. The molecule has 204 valence electrons. The molecule has 0 saturated heterocycles. The van der Waals surface area contributed by atoms with E-state index in [1.165, 1.54) is 36.7 Å². The first-order valence-electron chi connectivity index (χ1n) is 11.9. The van der Waals surface area contributed by atoms with Gasteiger partial charge in [0.05, 0.1) is 30.9 Å². The van der Waals surface area contributed by atoms with Gasteiger partial charge in [0, 0.05) is 18.2 Å². The molecule has 1 saturated carbocycles. The molecule has 38 heavy (non-hydrogen) atoms. The van der Waals surface area contributed by atoms with E-state index in [0.717, 1.165) is 0 Å². The molecule has 0 bridgehead atoms. The summed E-state index contributed by atoms with van der Waals surface area (Å²) in [4.78, 5) is 38.8. The van der Waals surface area contributed by atoms with E-state index in [9.17, 15) is 29.3 Å². The van der Waals surface area contributed by atoms with E-state index in [4.69, 9.17) is 13.8 Å². The fraction of sp³-hybridized carbons (Fsp3) is 0.440. The Bertz CT molecular complexity index is 1400. The van der Waals surface area contributed by atoms with Gasteiger partial charge in [-0.25, -0.2) is 9.36 Å². The highest BCUT2D eigenvalue weighted by molar-refractivity contribution is 7.52. The fourth-order valence-electron chi connectivity index (χ4n) is 4.05. The number of para-hydroxylation sites is 1. The molecule has 1 aliphatic carbocycles. The number of benzene rings is 1. The zero-order valence-electron chi connectivity index (χ0n) is 21.5. The standard InChI is InChI=1S/C25H31N4O8P/c1-15(2)36-23(32)18(5)28-38(34,37-19-9-7-6-8-10-19)35-14-25(13-26)17(4)20(11-21(25)30)29-12-16(3)22(31)27-24(29)33/h6-10,12,15,18,20-21,30H,4,11,14H2,1-3,5H3,(H,28,34)(H,27,31,33)/t18-,20-,21-,25-,38?/m0/s1. The lowest BCUT2D eigenvalue weighted by Gasteiger charge is -2.30. The lowest BCUT2D eigenvalue weighted by molar-refractivity contribution is -0.149. The van der Waals surface area contributed by atoms with E-state index in [-0.39, 0.29) is 23.3 Å². The summed E-state index contributed by atoms with van der Waals surface area (Å²) in [6, 6.07) is 8.10. The molecule has 1 heterocycles. The van der Waals surface area contributed by atoms with E-state index in [1.54, 1.807) is 32.0 Å². The molecule has 12 nitrogen and oxygen atoms in total. The van der Waals surface area contributed by atoms with E-state index < -0.39 is 61.3 Å². The number of carbonyl (C=O) groups is 1. The molecule has 0 spiro atoms. The van der Waals surface area contributed by atoms with Gasteiger partial charge in [-0.3, -0.25) is 23.7 Å². The highest BCUT2D eigenvalue weighted by Crippen LogP contribution is 2.52. The van der Waals surface area contributed by atoms with Gasteiger partial charge in [-0.2, -0.15) is 10.3 Å². The molecule has 2 aromatic rings. The van der Waals surface area contributed by atoms with E-state index in [0.29, 0.717) is 0 Å². The number of nitrogens with zero attached hydrogens (tertiary/aromatic N) is 2. The molecule has 13 heteroatoms. The molecule has 1 aliphatic rings. The largest absolute Gasteiger partial charge is 0.462 e. The normalized spacial score (nSPS) is 23.4. The number of aromatic nitrogens is 2. The zero-order chi connectivity index (χ0) is 28.3. The number of carbonyl (C=O) groups excluding carboxylic acids is 1. The van der Waals surface area contributed by atoms with Crippen molar-refractivity contribution in [3.05, 3.63) is 75.1 Å². The minimum atomic E-state index is -4.34. The Kier molecular flexibility index (Phi) is 8.79. The Balaban J connectivity index is 1.90. The summed E-state index contributed by atoms with van der Waals surface area (Å²) in [6.45, 7) is 9.56. The van der Waals surface area contributed by atoms with Crippen LogP contribution in [0.15, 0.2) is 58.3 Å². The van der Waals surface area contributed by atoms with Crippen LogP contribution in [-0.4, -0.2) is 45.5 Å². The number of aliphatic hydroxyl groups excluding tert-OH is 1. The predicted molar refractivity (Wildman–Crippen MR) is 137 cm³/mol. The van der Waals surface area contributed by atoms with Crippen molar-refractivity contribution in [2.45, 2.75) is 58.4 Å². The summed E-state index contributed by atoms with van der Waals surface area (Å²) in [7, 11) is -4.34. The van der Waals surface area contributed by atoms with Crippen molar-refractivity contribution in [3.63, 3.8) is 0 Å². The Morgan fingerprint density at radius 2 is 2.00 bits per heavy atom. The number of nitrogens with one attached hydrogen (secondary N) is 2. The van der Waals surface area contributed by atoms with Crippen LogP contribution in [0.2, 0.25) is 0 Å². The maximum absolute atomic E-state index is 13.8. The van der Waals surface area contributed by atoms with Gasteiger partial charge in [-0.1, -0.05) is 24.8 Å². The third-order valence-corrected chi connectivity index (χ3v) is 7.78. The summed E-state index contributed by atoms with van der Waals surface area (Å²) in [5, 5.41) is 23.6. The number of ether oxygens (including phenoxy) is 1. The maximum Gasteiger partial charge on any atom is 0.459 e. The Morgan fingerprint density at radius 3 is 2.61 bits per heavy atom. The second-order valence-electron chi connectivity index (χ2n) is 9.37. The molecular weight excluding hydrogens is 515 g/mol. The van der Waals surface area contributed by atoms with Gasteiger partial charge in [0.15, 0.2) is 0 Å². The predicted octanol–water partition coefficient (Wildman–Crippen LogP) is 2.35. The van der Waals surface area contributed by atoms with Crippen LogP contribution >= 0.6 is 7.75 Å². The number of nitriles is 1. The summed E-state index contributed by atoms with van der Waals surface area (Å²) < 4.78 is 31.4. The second kappa shape index (κ2) is 11.5. The minimum Gasteiger partial charge on any atom is -0.462 e. The van der Waals surface area contributed by atoms with Crippen LogP contribution in [-0.2, 0) is 18.6 Å². The average Bonchev–Trinajstić information content (AvgIpc) is 3.10. The molecule has 3 rings (SSSR count). The van der Waals surface area contributed by atoms with E-state index >= 15 is 0 Å². The third-order valence-electron chi connectivity index (χ3n) is 6.16. The van der Waals surface area contributed by atoms with Crippen LogP contribution in [0.1, 0.15) is 38.8 Å². The summed E-state index contributed by atoms with van der Waals surface area (Å²) in [5.41, 5.74) is -2.69. The number of aryl methyl sites for hydroxylation is 1. The number of aliphatic hydroxyl groups is 1. The number of hydrogen-bond acceptors (Lipinski definition) is 9. The Labute approximate surface area is 219 Å². The highest BCUT2D eigenvalue weighted by atomic mass is 31.2. The number of H-pyrrole nitrogens is 1. The second-order valence-corrected chi connectivity index (χ2v) is 11.1. The monoisotopic (exact) mass is 546 g/mol. The van der Waals surface area contributed by atoms with Crippen molar-refractivity contribution in [3.8, 4) is 11.8 Å². The van der Waals surface area contributed by atoms with Gasteiger partial charge >= 0.3 is 19.4 Å². The topological polar surface area (TPSA) is 173 Å². The number of esters is 1. The van der Waals surface area contributed by atoms with Gasteiger partial charge in [-0.05, 0) is 45.4 Å². The van der Waals surface area contributed by atoms with Gasteiger partial charge in [-0.15, -0.1) is 0 Å². The molecule has 0 radical (unpaired) electrons. The summed E-state index contributed by atoms with van der Waals surface area (Å²) in [5.74, 6) is -0.536. The molecule has 5 atom stereocenters. The first-order chi connectivity index (χ1) is 17.8. The molecule has 0 amide bonds. The Morgan fingerprint density at radius 1 is 1.34 bits per heavy atom. The van der Waals surface area contributed by atoms with Gasteiger partial charge in [0.25, 0.3) is 5.56 Å². The smallest absolute Gasteiger partial charge is 0.459 e. The van der Waals surface area contributed by atoms with Crippen LogP contribution in [0.5, 0.6) is 5.75 Å². The van der Waals surface area contributed by atoms with E-state index in [2.05, 4.69) is 16.7 Å². The van der Waals surface area contributed by atoms with Crippen LogP contribution in [0.3, 0.4) is 0 Å². The van der Waals surface area contributed by atoms with Crippen molar-refractivity contribution in [2.75, 3.05) is 6.61 Å². The van der Waals surface area contributed by atoms with Crippen molar-refractivity contribution in [1.82, 2.24) is 14.6 Å². The van der Waals surface area contributed by atoms with Crippen LogP contribution < -0.4 is 20.9 Å². The minimum absolute atomic E-state index is 0.0878. The Hall–Kier alpha value is -3.49. The van der Waals surface area contributed by atoms with Crippen molar-refractivity contribution >= 4 is 13.7 Å². The zero-order valence-corrected chi connectivity index (χ0v) is 22.4. The number of hydrogen-bond donors (Lipinski definition) is 3. The van der Waals surface area contributed by atoms with Crippen molar-refractivity contribution < 1.29 is 28.3 Å². The molecule has 0 aliphatic heterocycles. The number of aromatic amines is 1. The molecule has 1 unspecified atom stereocenters. The van der Waals surface area contributed by atoms with Crippen LogP contribution in [0, 0.1) is 23.7 Å². The third kappa shape index (κ3) is 6.14. The van der Waals surface area contributed by atoms with Crippen LogP contribution in [0.25, 0.3) is 0 Å². The fourth-order valence-corrected chi connectivity index (χ4v) is 5.59. The highest BCUT2D eigenvalue weighted by Gasteiger charge is 2.53. The van der Waals surface area contributed by atoms with E-state index in [1.807, 2.05) is 6.07 Å². The summed E-state index contributed by atoms with van der Waals surface area (Å²) >= 11 is 0. The van der Waals surface area contributed by atoms with Crippen molar-refractivity contribution in [1.29, 1.82) is 5.26 Å².